The van der Waals surface area contributed by atoms with Gasteiger partial charge in [-0.15, -0.1) is 0 Å². The SMILES string of the molecule is CC(=O)OCC(C)N1C(=O)CC(C)C1=O. The van der Waals surface area contributed by atoms with E-state index in [-0.39, 0.29) is 36.8 Å². The molecule has 0 N–H and O–H groups in total. The Labute approximate surface area is 88.4 Å². The van der Waals surface area contributed by atoms with Crippen LogP contribution >= 0.6 is 0 Å². The van der Waals surface area contributed by atoms with Gasteiger partial charge in [0.05, 0.1) is 6.04 Å². The van der Waals surface area contributed by atoms with Crippen molar-refractivity contribution in [1.29, 1.82) is 0 Å². The molecule has 0 aromatic carbocycles. The number of imide groups is 1. The van der Waals surface area contributed by atoms with Gasteiger partial charge in [-0.2, -0.15) is 0 Å². The fourth-order valence-corrected chi connectivity index (χ4v) is 1.58. The van der Waals surface area contributed by atoms with Crippen molar-refractivity contribution >= 4 is 17.8 Å². The number of esters is 1. The van der Waals surface area contributed by atoms with E-state index in [2.05, 4.69) is 0 Å². The average molecular weight is 213 g/mol. The molecule has 0 radical (unpaired) electrons. The summed E-state index contributed by atoms with van der Waals surface area (Å²) in [5, 5.41) is 0. The van der Waals surface area contributed by atoms with Crippen LogP contribution in [0.5, 0.6) is 0 Å². The van der Waals surface area contributed by atoms with E-state index >= 15 is 0 Å². The third-order valence-corrected chi connectivity index (χ3v) is 2.38. The van der Waals surface area contributed by atoms with Crippen molar-refractivity contribution in [1.82, 2.24) is 4.90 Å². The van der Waals surface area contributed by atoms with Crippen molar-refractivity contribution in [2.75, 3.05) is 6.61 Å². The first-order chi connectivity index (χ1) is 6.93. The Hall–Kier alpha value is -1.39. The van der Waals surface area contributed by atoms with Crippen molar-refractivity contribution in [3.63, 3.8) is 0 Å². The molecule has 84 valence electrons. The second-order valence-electron chi connectivity index (χ2n) is 3.86. The molecule has 1 aliphatic heterocycles. The van der Waals surface area contributed by atoms with Crippen molar-refractivity contribution < 1.29 is 19.1 Å². The summed E-state index contributed by atoms with van der Waals surface area (Å²) < 4.78 is 4.76. The largest absolute Gasteiger partial charge is 0.464 e. The molecule has 0 spiro atoms. The summed E-state index contributed by atoms with van der Waals surface area (Å²) >= 11 is 0. The zero-order valence-electron chi connectivity index (χ0n) is 9.15. The van der Waals surface area contributed by atoms with Crippen molar-refractivity contribution in [2.24, 2.45) is 5.92 Å². The lowest BCUT2D eigenvalue weighted by Gasteiger charge is -2.22. The monoisotopic (exact) mass is 213 g/mol. The second kappa shape index (κ2) is 4.42. The minimum absolute atomic E-state index is 0.0690. The Morgan fingerprint density at radius 1 is 1.60 bits per heavy atom. The summed E-state index contributed by atoms with van der Waals surface area (Å²) in [6, 6.07) is -0.376. The number of nitrogens with zero attached hydrogens (tertiary/aromatic N) is 1. The summed E-state index contributed by atoms with van der Waals surface area (Å²) in [6.07, 6.45) is 0.253. The first kappa shape index (κ1) is 11.7. The van der Waals surface area contributed by atoms with Crippen LogP contribution in [0.3, 0.4) is 0 Å². The fraction of sp³-hybridized carbons (Fsp3) is 0.700. The van der Waals surface area contributed by atoms with Gasteiger partial charge in [0.15, 0.2) is 0 Å². The molecule has 5 heteroatoms. The number of amides is 2. The molecule has 5 nitrogen and oxygen atoms in total. The summed E-state index contributed by atoms with van der Waals surface area (Å²) in [7, 11) is 0. The van der Waals surface area contributed by atoms with E-state index in [4.69, 9.17) is 4.74 Å². The molecule has 1 rings (SSSR count). The number of hydrogen-bond donors (Lipinski definition) is 0. The Morgan fingerprint density at radius 3 is 2.60 bits per heavy atom. The van der Waals surface area contributed by atoms with Crippen LogP contribution in [0, 0.1) is 5.92 Å². The summed E-state index contributed by atoms with van der Waals surface area (Å²) in [5.74, 6) is -1.03. The molecule has 15 heavy (non-hydrogen) atoms. The molecule has 0 bridgehead atoms. The lowest BCUT2D eigenvalue weighted by Crippen LogP contribution is -2.41. The van der Waals surface area contributed by atoms with Gasteiger partial charge in [-0.1, -0.05) is 6.92 Å². The Kier molecular flexibility index (Phi) is 3.44. The number of likely N-dealkylation sites (tertiary alicyclic amines) is 1. The number of carbonyl (C=O) groups is 3. The maximum Gasteiger partial charge on any atom is 0.302 e. The molecule has 1 saturated heterocycles. The quantitative estimate of drug-likeness (QED) is 0.500. The summed E-state index contributed by atoms with van der Waals surface area (Å²) in [4.78, 5) is 34.8. The maximum atomic E-state index is 11.6. The third kappa shape index (κ3) is 2.55. The van der Waals surface area contributed by atoms with Gasteiger partial charge < -0.3 is 4.74 Å². The van der Waals surface area contributed by atoms with Gasteiger partial charge in [0, 0.05) is 19.3 Å². The van der Waals surface area contributed by atoms with Crippen molar-refractivity contribution in [3.8, 4) is 0 Å². The third-order valence-electron chi connectivity index (χ3n) is 2.38. The molecule has 1 aliphatic rings. The highest BCUT2D eigenvalue weighted by molar-refractivity contribution is 6.03. The topological polar surface area (TPSA) is 63.7 Å². The predicted octanol–water partition coefficient (Wildman–Crippen LogP) is 0.333. The van der Waals surface area contributed by atoms with E-state index in [0.29, 0.717) is 0 Å². The molecule has 2 unspecified atom stereocenters. The van der Waals surface area contributed by atoms with E-state index in [1.54, 1.807) is 13.8 Å². The Bertz CT molecular complexity index is 300. The Morgan fingerprint density at radius 2 is 2.20 bits per heavy atom. The first-order valence-electron chi connectivity index (χ1n) is 4.92. The van der Waals surface area contributed by atoms with Crippen LogP contribution in [0.4, 0.5) is 0 Å². The van der Waals surface area contributed by atoms with Gasteiger partial charge in [-0.3, -0.25) is 19.3 Å². The Balaban J connectivity index is 2.59. The minimum Gasteiger partial charge on any atom is -0.464 e. The van der Waals surface area contributed by atoms with E-state index in [9.17, 15) is 14.4 Å². The molecule has 2 atom stereocenters. The van der Waals surface area contributed by atoms with Gasteiger partial charge in [-0.25, -0.2) is 0 Å². The van der Waals surface area contributed by atoms with E-state index < -0.39 is 5.97 Å². The van der Waals surface area contributed by atoms with Crippen LogP contribution in [0.25, 0.3) is 0 Å². The highest BCUT2D eigenvalue weighted by Crippen LogP contribution is 2.21. The van der Waals surface area contributed by atoms with Crippen molar-refractivity contribution in [3.05, 3.63) is 0 Å². The lowest BCUT2D eigenvalue weighted by molar-refractivity contribution is -0.149. The van der Waals surface area contributed by atoms with E-state index in [0.717, 1.165) is 0 Å². The number of carbonyl (C=O) groups excluding carboxylic acids is 3. The van der Waals surface area contributed by atoms with Crippen LogP contribution in [-0.2, 0) is 19.1 Å². The first-order valence-corrected chi connectivity index (χ1v) is 4.92. The predicted molar refractivity (Wildman–Crippen MR) is 51.7 cm³/mol. The summed E-state index contributed by atoms with van der Waals surface area (Å²) in [6.45, 7) is 4.78. The van der Waals surface area contributed by atoms with Crippen LogP contribution < -0.4 is 0 Å². The number of ether oxygens (including phenoxy) is 1. The van der Waals surface area contributed by atoms with Crippen LogP contribution in [0.15, 0.2) is 0 Å². The molecule has 2 amide bonds. The molecule has 0 saturated carbocycles. The van der Waals surface area contributed by atoms with Gasteiger partial charge in [0.1, 0.15) is 6.61 Å². The zero-order chi connectivity index (χ0) is 11.6. The standard InChI is InChI=1S/C10H15NO4/c1-6-4-9(13)11(10(6)14)7(2)5-15-8(3)12/h6-7H,4-5H2,1-3H3. The highest BCUT2D eigenvalue weighted by Gasteiger charge is 2.38. The van der Waals surface area contributed by atoms with Crippen LogP contribution in [0.1, 0.15) is 27.2 Å². The zero-order valence-corrected chi connectivity index (χ0v) is 9.15. The molecule has 0 aliphatic carbocycles. The molecule has 0 aromatic heterocycles. The smallest absolute Gasteiger partial charge is 0.302 e. The number of rotatable bonds is 3. The maximum absolute atomic E-state index is 11.6. The van der Waals surface area contributed by atoms with Crippen molar-refractivity contribution in [2.45, 2.75) is 33.2 Å². The van der Waals surface area contributed by atoms with E-state index in [1.807, 2.05) is 0 Å². The molecule has 1 fully saturated rings. The average Bonchev–Trinajstić information content (AvgIpc) is 2.37. The van der Waals surface area contributed by atoms with Crippen LogP contribution in [0.2, 0.25) is 0 Å². The number of hydrogen-bond acceptors (Lipinski definition) is 4. The molecule has 1 heterocycles. The second-order valence-corrected chi connectivity index (χ2v) is 3.86. The van der Waals surface area contributed by atoms with Gasteiger partial charge in [-0.05, 0) is 6.92 Å². The van der Waals surface area contributed by atoms with Gasteiger partial charge in [0.25, 0.3) is 0 Å². The lowest BCUT2D eigenvalue weighted by atomic mass is 10.1. The normalized spacial score (nSPS) is 23.1. The van der Waals surface area contributed by atoms with Crippen LogP contribution in [-0.4, -0.2) is 35.3 Å². The molecule has 0 aromatic rings. The fourth-order valence-electron chi connectivity index (χ4n) is 1.58. The minimum atomic E-state index is -0.408. The van der Waals surface area contributed by atoms with Gasteiger partial charge >= 0.3 is 5.97 Å². The molecular weight excluding hydrogens is 198 g/mol. The van der Waals surface area contributed by atoms with E-state index in [1.165, 1.54) is 11.8 Å². The molecular formula is C10H15NO4. The summed E-state index contributed by atoms with van der Waals surface area (Å²) in [5.41, 5.74) is 0. The highest BCUT2D eigenvalue weighted by atomic mass is 16.5. The van der Waals surface area contributed by atoms with Gasteiger partial charge in [0.2, 0.25) is 11.8 Å².